The summed E-state index contributed by atoms with van der Waals surface area (Å²) in [5, 5.41) is 17.0. The van der Waals surface area contributed by atoms with Crippen LogP contribution in [0.4, 0.5) is 0 Å². The topological polar surface area (TPSA) is 92.7 Å². The summed E-state index contributed by atoms with van der Waals surface area (Å²) in [6, 6.07) is 9.86. The van der Waals surface area contributed by atoms with Crippen molar-refractivity contribution in [3.63, 3.8) is 0 Å². The first-order valence-corrected chi connectivity index (χ1v) is 11.5. The van der Waals surface area contributed by atoms with Gasteiger partial charge < -0.3 is 20.4 Å². The summed E-state index contributed by atoms with van der Waals surface area (Å²) < 4.78 is 0. The van der Waals surface area contributed by atoms with Gasteiger partial charge in [0.1, 0.15) is 5.82 Å². The molecule has 0 bridgehead atoms. The molecule has 0 unspecified atom stereocenters. The maximum Gasteiger partial charge on any atom is 2.00 e. The van der Waals surface area contributed by atoms with Crippen LogP contribution >= 0.6 is 0 Å². The summed E-state index contributed by atoms with van der Waals surface area (Å²) in [5.74, 6) is 0.552. The number of hydrogen-bond donors (Lipinski definition) is 0. The maximum atomic E-state index is 4.59. The quantitative estimate of drug-likeness (QED) is 0.283. The van der Waals surface area contributed by atoms with E-state index in [2.05, 4.69) is 110 Å². The molecule has 0 atom stereocenters. The average Bonchev–Trinajstić information content (AvgIpc) is 3.44. The second-order valence-electron chi connectivity index (χ2n) is 11.5. The summed E-state index contributed by atoms with van der Waals surface area (Å²) >= 11 is 0. The van der Waals surface area contributed by atoms with Gasteiger partial charge in [-0.05, 0) is 29.2 Å². The minimum atomic E-state index is -0.0539. The van der Waals surface area contributed by atoms with Gasteiger partial charge in [0.05, 0.1) is 5.69 Å². The van der Waals surface area contributed by atoms with E-state index in [0.29, 0.717) is 11.5 Å². The molecule has 4 aromatic rings. The molecule has 0 fully saturated rings. The fourth-order valence-electron chi connectivity index (χ4n) is 3.03. The standard InChI is InChI=1S/C18H22N6.C9H13N.Pt/c1-17(2,3)14-9-12(21-23-14)11-7-8-19-16(20-11)13-10-15(24-22-13)18(4,5)6;1-9(2,3)8-4-6-10-7-5-8;/h7-10H,1-6H3;4-7H,1-3H3;/q-2;;+2. The zero-order valence-corrected chi connectivity index (χ0v) is 24.3. The Kier molecular flexibility index (Phi) is 8.93. The summed E-state index contributed by atoms with van der Waals surface area (Å²) in [7, 11) is 0. The third-order valence-electron chi connectivity index (χ3n) is 5.31. The molecule has 4 heterocycles. The molecular weight excluding hydrogens is 617 g/mol. The van der Waals surface area contributed by atoms with Crippen molar-refractivity contribution in [2.45, 2.75) is 78.6 Å². The predicted octanol–water partition coefficient (Wildman–Crippen LogP) is 5.49. The molecule has 4 aromatic heterocycles. The van der Waals surface area contributed by atoms with Gasteiger partial charge in [-0.3, -0.25) is 4.98 Å². The van der Waals surface area contributed by atoms with Crippen LogP contribution in [0.2, 0.25) is 0 Å². The molecule has 0 aliphatic heterocycles. The van der Waals surface area contributed by atoms with E-state index in [1.807, 2.05) is 30.6 Å². The molecule has 0 aliphatic rings. The smallest absolute Gasteiger partial charge is 0.573 e. The van der Waals surface area contributed by atoms with E-state index in [4.69, 9.17) is 0 Å². The van der Waals surface area contributed by atoms with Gasteiger partial charge in [0.15, 0.2) is 0 Å². The van der Waals surface area contributed by atoms with Crippen molar-refractivity contribution in [1.82, 2.24) is 35.3 Å². The van der Waals surface area contributed by atoms with Crippen molar-refractivity contribution in [2.24, 2.45) is 0 Å². The van der Waals surface area contributed by atoms with Crippen LogP contribution in [-0.2, 0) is 37.3 Å². The molecule has 0 radical (unpaired) electrons. The van der Waals surface area contributed by atoms with E-state index >= 15 is 0 Å². The van der Waals surface area contributed by atoms with Crippen LogP contribution in [-0.4, -0.2) is 25.1 Å². The number of pyridine rings is 1. The minimum Gasteiger partial charge on any atom is -0.573 e. The fraction of sp³-hybridized carbons (Fsp3) is 0.444. The van der Waals surface area contributed by atoms with Crippen LogP contribution in [0, 0.1) is 0 Å². The third kappa shape index (κ3) is 7.66. The first-order valence-electron chi connectivity index (χ1n) is 11.5. The Bertz CT molecular complexity index is 1140. The Balaban J connectivity index is 0.000000332. The molecule has 188 valence electrons. The van der Waals surface area contributed by atoms with Gasteiger partial charge in [-0.15, -0.1) is 0 Å². The Labute approximate surface area is 223 Å². The van der Waals surface area contributed by atoms with E-state index in [-0.39, 0.29) is 37.3 Å². The van der Waals surface area contributed by atoms with E-state index in [1.54, 1.807) is 6.20 Å². The summed E-state index contributed by atoms with van der Waals surface area (Å²) in [5.41, 5.74) is 5.53. The van der Waals surface area contributed by atoms with Crippen molar-refractivity contribution >= 4 is 0 Å². The Morgan fingerprint density at radius 1 is 0.629 bits per heavy atom. The van der Waals surface area contributed by atoms with Crippen molar-refractivity contribution in [2.75, 3.05) is 0 Å². The average molecular weight is 653 g/mol. The largest absolute Gasteiger partial charge is 2.00 e. The first-order chi connectivity index (χ1) is 15.7. The van der Waals surface area contributed by atoms with Crippen molar-refractivity contribution in [3.8, 4) is 22.9 Å². The summed E-state index contributed by atoms with van der Waals surface area (Å²) in [6.07, 6.45) is 5.38. The SMILES string of the molecule is CC(C)(C)c1cc(-c2ccnc(-c3cc(C(C)(C)C)n[n-]3)n2)[n-]n1.CC(C)(C)c1ccncc1.[Pt+2]. The van der Waals surface area contributed by atoms with Gasteiger partial charge in [-0.25, -0.2) is 9.97 Å². The van der Waals surface area contributed by atoms with Gasteiger partial charge >= 0.3 is 21.1 Å². The van der Waals surface area contributed by atoms with Crippen LogP contribution < -0.4 is 10.2 Å². The van der Waals surface area contributed by atoms with E-state index in [1.165, 1.54) is 5.56 Å². The van der Waals surface area contributed by atoms with Crippen molar-refractivity contribution in [1.29, 1.82) is 0 Å². The molecule has 7 nitrogen and oxygen atoms in total. The molecule has 35 heavy (non-hydrogen) atoms. The van der Waals surface area contributed by atoms with Gasteiger partial charge in [0.2, 0.25) is 0 Å². The summed E-state index contributed by atoms with van der Waals surface area (Å²) in [6.45, 7) is 19.2. The molecule has 0 amide bonds. The molecule has 8 heteroatoms. The molecule has 0 N–H and O–H groups in total. The van der Waals surface area contributed by atoms with Gasteiger partial charge in [-0.1, -0.05) is 85.8 Å². The predicted molar refractivity (Wildman–Crippen MR) is 135 cm³/mol. The van der Waals surface area contributed by atoms with E-state index in [0.717, 1.165) is 22.8 Å². The fourth-order valence-corrected chi connectivity index (χ4v) is 3.03. The zero-order chi connectivity index (χ0) is 25.1. The molecule has 4 rings (SSSR count). The van der Waals surface area contributed by atoms with Gasteiger partial charge in [0.25, 0.3) is 0 Å². The normalized spacial score (nSPS) is 11.9. The summed E-state index contributed by atoms with van der Waals surface area (Å²) in [4.78, 5) is 12.9. The molecule has 0 aromatic carbocycles. The molecule has 0 spiro atoms. The van der Waals surface area contributed by atoms with Crippen molar-refractivity contribution in [3.05, 3.63) is 65.9 Å². The van der Waals surface area contributed by atoms with Crippen LogP contribution in [0.25, 0.3) is 22.9 Å². The van der Waals surface area contributed by atoms with Crippen LogP contribution in [0.3, 0.4) is 0 Å². The zero-order valence-electron chi connectivity index (χ0n) is 22.1. The Morgan fingerprint density at radius 3 is 1.60 bits per heavy atom. The maximum absolute atomic E-state index is 4.59. The molecule has 0 saturated carbocycles. The second-order valence-corrected chi connectivity index (χ2v) is 11.5. The van der Waals surface area contributed by atoms with E-state index < -0.39 is 0 Å². The van der Waals surface area contributed by atoms with Crippen LogP contribution in [0.1, 0.15) is 79.3 Å². The van der Waals surface area contributed by atoms with Crippen LogP contribution in [0.5, 0.6) is 0 Å². The van der Waals surface area contributed by atoms with E-state index in [9.17, 15) is 0 Å². The Morgan fingerprint density at radius 2 is 1.14 bits per heavy atom. The first kappa shape index (κ1) is 28.6. The monoisotopic (exact) mass is 652 g/mol. The number of nitrogens with zero attached hydrogens (tertiary/aromatic N) is 7. The van der Waals surface area contributed by atoms with Gasteiger partial charge in [-0.2, -0.15) is 0 Å². The van der Waals surface area contributed by atoms with Gasteiger partial charge in [0, 0.05) is 40.8 Å². The third-order valence-corrected chi connectivity index (χ3v) is 5.31. The number of hydrogen-bond acceptors (Lipinski definition) is 5. The molecular formula is C27H35N7Pt. The van der Waals surface area contributed by atoms with Crippen LogP contribution in [0.15, 0.2) is 48.9 Å². The second kappa shape index (κ2) is 10.9. The molecule has 0 aliphatic carbocycles. The number of aromatic nitrogens is 7. The number of rotatable bonds is 2. The Hall–Kier alpha value is -2.66. The minimum absolute atomic E-state index is 0. The molecule has 0 saturated heterocycles. The van der Waals surface area contributed by atoms with Crippen molar-refractivity contribution < 1.29 is 21.1 Å².